The Morgan fingerprint density at radius 3 is 3.00 bits per heavy atom. The molecule has 0 saturated heterocycles. The number of benzene rings is 1. The topological polar surface area (TPSA) is 44.7 Å². The van der Waals surface area contributed by atoms with E-state index in [-0.39, 0.29) is 6.03 Å². The molecule has 0 fully saturated rings. The van der Waals surface area contributed by atoms with Crippen molar-refractivity contribution >= 4 is 17.4 Å². The monoisotopic (exact) mass is 217 g/mol. The third-order valence-electron chi connectivity index (χ3n) is 2.62. The summed E-state index contributed by atoms with van der Waals surface area (Å²) in [6.45, 7) is 4.49. The van der Waals surface area contributed by atoms with E-state index in [1.54, 1.807) is 0 Å². The van der Waals surface area contributed by atoms with Gasteiger partial charge in [0.15, 0.2) is 0 Å². The molecule has 16 heavy (non-hydrogen) atoms. The van der Waals surface area contributed by atoms with Crippen LogP contribution < -0.4 is 5.32 Å². The zero-order valence-electron chi connectivity index (χ0n) is 9.53. The average Bonchev–Trinajstić information content (AvgIpc) is 2.30. The minimum atomic E-state index is -0.161. The van der Waals surface area contributed by atoms with Gasteiger partial charge in [-0.15, -0.1) is 0 Å². The molecule has 0 radical (unpaired) electrons. The molecule has 4 nitrogen and oxygen atoms in total. The van der Waals surface area contributed by atoms with Crippen molar-refractivity contribution in [3.8, 4) is 0 Å². The van der Waals surface area contributed by atoms with Crippen LogP contribution in [0.5, 0.6) is 0 Å². The second-order valence-corrected chi connectivity index (χ2v) is 3.83. The van der Waals surface area contributed by atoms with Crippen LogP contribution in [0.4, 0.5) is 10.5 Å². The van der Waals surface area contributed by atoms with Crippen molar-refractivity contribution in [2.75, 3.05) is 5.32 Å². The summed E-state index contributed by atoms with van der Waals surface area (Å²) >= 11 is 0. The Morgan fingerprint density at radius 2 is 2.25 bits per heavy atom. The standard InChI is InChI=1S/C12H15N3O/c1-3-9(2)14-15-8-10-6-4-5-7-11(10)13-12(15)16/h4-7H,3,8H2,1-2H3,(H,13,16). The molecule has 1 N–H and O–H groups in total. The van der Waals surface area contributed by atoms with Crippen LogP contribution >= 0.6 is 0 Å². The lowest BCUT2D eigenvalue weighted by Crippen LogP contribution is -2.35. The van der Waals surface area contributed by atoms with Gasteiger partial charge in [-0.3, -0.25) is 0 Å². The smallest absolute Gasteiger partial charge is 0.306 e. The van der Waals surface area contributed by atoms with Gasteiger partial charge in [-0.25, -0.2) is 9.80 Å². The molecule has 0 aromatic heterocycles. The first kappa shape index (κ1) is 10.7. The minimum Gasteiger partial charge on any atom is -0.306 e. The number of carbonyl (C=O) groups excluding carboxylic acids is 1. The number of rotatable bonds is 2. The van der Waals surface area contributed by atoms with Gasteiger partial charge in [0.25, 0.3) is 0 Å². The number of para-hydroxylation sites is 1. The molecule has 0 unspecified atom stereocenters. The quantitative estimate of drug-likeness (QED) is 0.760. The van der Waals surface area contributed by atoms with Crippen LogP contribution in [0.3, 0.4) is 0 Å². The Bertz CT molecular complexity index is 440. The van der Waals surface area contributed by atoms with E-state index in [1.807, 2.05) is 38.1 Å². The summed E-state index contributed by atoms with van der Waals surface area (Å²) in [7, 11) is 0. The van der Waals surface area contributed by atoms with E-state index in [9.17, 15) is 4.79 Å². The zero-order valence-corrected chi connectivity index (χ0v) is 9.53. The van der Waals surface area contributed by atoms with Crippen molar-refractivity contribution in [1.29, 1.82) is 0 Å². The van der Waals surface area contributed by atoms with Gasteiger partial charge in [0.05, 0.1) is 6.54 Å². The van der Waals surface area contributed by atoms with Gasteiger partial charge in [0.1, 0.15) is 0 Å². The highest BCUT2D eigenvalue weighted by Gasteiger charge is 2.21. The molecule has 4 heteroatoms. The highest BCUT2D eigenvalue weighted by molar-refractivity contribution is 5.93. The number of fused-ring (bicyclic) bond motifs is 1. The minimum absolute atomic E-state index is 0.161. The maximum atomic E-state index is 11.7. The van der Waals surface area contributed by atoms with Gasteiger partial charge < -0.3 is 5.32 Å². The maximum absolute atomic E-state index is 11.7. The molecular weight excluding hydrogens is 202 g/mol. The number of anilines is 1. The van der Waals surface area contributed by atoms with E-state index in [4.69, 9.17) is 0 Å². The van der Waals surface area contributed by atoms with Crippen molar-refractivity contribution in [2.45, 2.75) is 26.8 Å². The summed E-state index contributed by atoms with van der Waals surface area (Å²) in [6, 6.07) is 7.62. The summed E-state index contributed by atoms with van der Waals surface area (Å²) in [5.41, 5.74) is 2.93. The molecule has 0 saturated carbocycles. The number of hydrogen-bond donors (Lipinski definition) is 1. The predicted molar refractivity (Wildman–Crippen MR) is 64.4 cm³/mol. The number of hydrazone groups is 1. The number of urea groups is 1. The molecule has 2 amide bonds. The Kier molecular flexibility index (Phi) is 2.90. The largest absolute Gasteiger partial charge is 0.342 e. The van der Waals surface area contributed by atoms with Gasteiger partial charge in [-0.05, 0) is 25.0 Å². The summed E-state index contributed by atoms with van der Waals surface area (Å²) in [6.07, 6.45) is 0.853. The van der Waals surface area contributed by atoms with E-state index >= 15 is 0 Å². The summed E-state index contributed by atoms with van der Waals surface area (Å²) in [5, 5.41) is 8.57. The Hall–Kier alpha value is -1.84. The number of nitrogens with one attached hydrogen (secondary N) is 1. The Labute approximate surface area is 95.0 Å². The normalized spacial score (nSPS) is 15.8. The summed E-state index contributed by atoms with van der Waals surface area (Å²) in [5.74, 6) is 0. The van der Waals surface area contributed by atoms with Gasteiger partial charge in [0.2, 0.25) is 0 Å². The number of amides is 2. The summed E-state index contributed by atoms with van der Waals surface area (Å²) in [4.78, 5) is 11.7. The van der Waals surface area contributed by atoms with Gasteiger partial charge in [-0.1, -0.05) is 25.1 Å². The predicted octanol–water partition coefficient (Wildman–Crippen LogP) is 2.82. The maximum Gasteiger partial charge on any atom is 0.342 e. The fourth-order valence-corrected chi connectivity index (χ4v) is 1.55. The van der Waals surface area contributed by atoms with Crippen LogP contribution in [0.15, 0.2) is 29.4 Å². The molecule has 0 atom stereocenters. The van der Waals surface area contributed by atoms with Crippen LogP contribution in [0, 0.1) is 0 Å². The van der Waals surface area contributed by atoms with Crippen LogP contribution in [-0.2, 0) is 6.54 Å². The Balaban J connectivity index is 2.25. The highest BCUT2D eigenvalue weighted by Crippen LogP contribution is 2.22. The number of carbonyl (C=O) groups is 1. The lowest BCUT2D eigenvalue weighted by molar-refractivity contribution is 0.209. The molecule has 1 aromatic rings. The third kappa shape index (κ3) is 2.05. The molecule has 0 spiro atoms. The lowest BCUT2D eigenvalue weighted by atomic mass is 10.1. The first-order valence-electron chi connectivity index (χ1n) is 5.41. The SMILES string of the molecule is CCC(C)=NN1Cc2ccccc2NC1=O. The first-order valence-corrected chi connectivity index (χ1v) is 5.41. The van der Waals surface area contributed by atoms with Crippen molar-refractivity contribution < 1.29 is 4.79 Å². The number of nitrogens with zero attached hydrogens (tertiary/aromatic N) is 2. The van der Waals surface area contributed by atoms with Crippen molar-refractivity contribution in [1.82, 2.24) is 5.01 Å². The second kappa shape index (κ2) is 4.35. The molecule has 1 aliphatic heterocycles. The van der Waals surface area contributed by atoms with Gasteiger partial charge in [0, 0.05) is 11.4 Å². The molecule has 0 aliphatic carbocycles. The van der Waals surface area contributed by atoms with Crippen LogP contribution in [0.25, 0.3) is 0 Å². The zero-order chi connectivity index (χ0) is 11.5. The third-order valence-corrected chi connectivity index (χ3v) is 2.62. The molecule has 0 bridgehead atoms. The first-order chi connectivity index (χ1) is 7.70. The molecule has 1 heterocycles. The highest BCUT2D eigenvalue weighted by atomic mass is 16.2. The molecule has 1 aliphatic rings. The molecule has 84 valence electrons. The second-order valence-electron chi connectivity index (χ2n) is 3.83. The van der Waals surface area contributed by atoms with E-state index in [2.05, 4.69) is 10.4 Å². The van der Waals surface area contributed by atoms with E-state index in [1.165, 1.54) is 5.01 Å². The summed E-state index contributed by atoms with van der Waals surface area (Å²) < 4.78 is 0. The van der Waals surface area contributed by atoms with E-state index < -0.39 is 0 Å². The van der Waals surface area contributed by atoms with Crippen molar-refractivity contribution in [2.24, 2.45) is 5.10 Å². The number of hydrogen-bond acceptors (Lipinski definition) is 2. The lowest BCUT2D eigenvalue weighted by Gasteiger charge is -2.25. The Morgan fingerprint density at radius 1 is 1.50 bits per heavy atom. The van der Waals surface area contributed by atoms with E-state index in [0.29, 0.717) is 6.54 Å². The van der Waals surface area contributed by atoms with Crippen molar-refractivity contribution in [3.05, 3.63) is 29.8 Å². The van der Waals surface area contributed by atoms with Crippen molar-refractivity contribution in [3.63, 3.8) is 0 Å². The van der Waals surface area contributed by atoms with Gasteiger partial charge >= 0.3 is 6.03 Å². The van der Waals surface area contributed by atoms with Crippen LogP contribution in [-0.4, -0.2) is 16.8 Å². The fourth-order valence-electron chi connectivity index (χ4n) is 1.55. The molecular formula is C12H15N3O. The van der Waals surface area contributed by atoms with Crippen LogP contribution in [0.1, 0.15) is 25.8 Å². The fraction of sp³-hybridized carbons (Fsp3) is 0.333. The average molecular weight is 217 g/mol. The van der Waals surface area contributed by atoms with Gasteiger partial charge in [-0.2, -0.15) is 5.10 Å². The molecule has 1 aromatic carbocycles. The van der Waals surface area contributed by atoms with E-state index in [0.717, 1.165) is 23.4 Å². The van der Waals surface area contributed by atoms with Crippen LogP contribution in [0.2, 0.25) is 0 Å². The molecule has 2 rings (SSSR count).